The predicted octanol–water partition coefficient (Wildman–Crippen LogP) is 2.90. The lowest BCUT2D eigenvalue weighted by Crippen LogP contribution is -1.98. The molecule has 0 heterocycles. The molecular formula is C8H14ClNS. The Balaban J connectivity index is 3.16. The van der Waals surface area contributed by atoms with E-state index in [1.807, 2.05) is 11.8 Å². The van der Waals surface area contributed by atoms with E-state index in [-0.39, 0.29) is 5.92 Å². The van der Waals surface area contributed by atoms with E-state index >= 15 is 0 Å². The standard InChI is InChI=1S/C8H14ClNS/c1-2-11-5-3-4-8(6-9)7-10/h8H,2-6H2,1H3. The van der Waals surface area contributed by atoms with Gasteiger partial charge in [0.15, 0.2) is 0 Å². The van der Waals surface area contributed by atoms with Gasteiger partial charge in [-0.15, -0.1) is 11.6 Å². The van der Waals surface area contributed by atoms with E-state index in [0.717, 1.165) is 24.3 Å². The molecule has 0 fully saturated rings. The highest BCUT2D eigenvalue weighted by Gasteiger charge is 2.03. The minimum atomic E-state index is 0.0640. The second-order valence-electron chi connectivity index (χ2n) is 2.32. The first-order valence-corrected chi connectivity index (χ1v) is 5.57. The zero-order valence-corrected chi connectivity index (χ0v) is 8.42. The molecule has 0 rings (SSSR count). The Hall–Kier alpha value is 0.130. The van der Waals surface area contributed by atoms with Crippen molar-refractivity contribution < 1.29 is 0 Å². The van der Waals surface area contributed by atoms with Gasteiger partial charge in [-0.1, -0.05) is 6.92 Å². The lowest BCUT2D eigenvalue weighted by Gasteiger charge is -2.02. The Morgan fingerprint density at radius 3 is 2.82 bits per heavy atom. The smallest absolute Gasteiger partial charge is 0.0668 e. The van der Waals surface area contributed by atoms with Gasteiger partial charge >= 0.3 is 0 Å². The molecular weight excluding hydrogens is 178 g/mol. The van der Waals surface area contributed by atoms with Crippen molar-refractivity contribution in [2.45, 2.75) is 19.8 Å². The van der Waals surface area contributed by atoms with Crippen LogP contribution in [-0.2, 0) is 0 Å². The number of alkyl halides is 1. The van der Waals surface area contributed by atoms with Gasteiger partial charge in [-0.3, -0.25) is 0 Å². The summed E-state index contributed by atoms with van der Waals surface area (Å²) in [6.07, 6.45) is 2.07. The van der Waals surface area contributed by atoms with Crippen molar-refractivity contribution in [1.29, 1.82) is 5.26 Å². The van der Waals surface area contributed by atoms with Crippen LogP contribution < -0.4 is 0 Å². The number of hydrogen-bond donors (Lipinski definition) is 0. The third-order valence-corrected chi connectivity index (χ3v) is 2.77. The molecule has 0 spiro atoms. The van der Waals surface area contributed by atoms with Gasteiger partial charge < -0.3 is 0 Å². The molecule has 0 aliphatic heterocycles. The number of thioether (sulfide) groups is 1. The second kappa shape index (κ2) is 8.23. The van der Waals surface area contributed by atoms with Crippen molar-refractivity contribution in [2.75, 3.05) is 17.4 Å². The fourth-order valence-corrected chi connectivity index (χ4v) is 1.64. The Morgan fingerprint density at radius 2 is 2.36 bits per heavy atom. The molecule has 11 heavy (non-hydrogen) atoms. The number of hydrogen-bond acceptors (Lipinski definition) is 2. The van der Waals surface area contributed by atoms with Crippen LogP contribution in [0.3, 0.4) is 0 Å². The molecule has 1 unspecified atom stereocenters. The molecule has 0 aliphatic rings. The van der Waals surface area contributed by atoms with E-state index in [2.05, 4.69) is 13.0 Å². The van der Waals surface area contributed by atoms with Gasteiger partial charge in [0, 0.05) is 5.88 Å². The van der Waals surface area contributed by atoms with Gasteiger partial charge in [0.25, 0.3) is 0 Å². The van der Waals surface area contributed by atoms with Crippen LogP contribution in [0, 0.1) is 17.2 Å². The zero-order valence-electron chi connectivity index (χ0n) is 6.85. The summed E-state index contributed by atoms with van der Waals surface area (Å²) in [4.78, 5) is 0. The summed E-state index contributed by atoms with van der Waals surface area (Å²) in [7, 11) is 0. The summed E-state index contributed by atoms with van der Waals surface area (Å²) >= 11 is 7.47. The van der Waals surface area contributed by atoms with E-state index in [4.69, 9.17) is 16.9 Å². The molecule has 0 aromatic heterocycles. The summed E-state index contributed by atoms with van der Waals surface area (Å²) in [6, 6.07) is 2.19. The van der Waals surface area contributed by atoms with Gasteiger partial charge in [-0.2, -0.15) is 17.0 Å². The molecule has 1 nitrogen and oxygen atoms in total. The Morgan fingerprint density at radius 1 is 1.64 bits per heavy atom. The average Bonchev–Trinajstić information content (AvgIpc) is 2.05. The largest absolute Gasteiger partial charge is 0.198 e. The van der Waals surface area contributed by atoms with Crippen LogP contribution in [0.1, 0.15) is 19.8 Å². The van der Waals surface area contributed by atoms with Gasteiger partial charge in [-0.05, 0) is 24.3 Å². The van der Waals surface area contributed by atoms with Gasteiger partial charge in [0.1, 0.15) is 0 Å². The van der Waals surface area contributed by atoms with Crippen molar-refractivity contribution in [3.63, 3.8) is 0 Å². The molecule has 0 saturated heterocycles. The van der Waals surface area contributed by atoms with Crippen molar-refractivity contribution in [3.8, 4) is 6.07 Å². The van der Waals surface area contributed by atoms with Crippen molar-refractivity contribution in [1.82, 2.24) is 0 Å². The molecule has 1 atom stereocenters. The van der Waals surface area contributed by atoms with Crippen LogP contribution in [0.4, 0.5) is 0 Å². The monoisotopic (exact) mass is 191 g/mol. The number of nitriles is 1. The summed E-state index contributed by atoms with van der Waals surface area (Å²) in [6.45, 7) is 2.15. The second-order valence-corrected chi connectivity index (χ2v) is 4.02. The SMILES string of the molecule is CCSCCCC(C#N)CCl. The van der Waals surface area contributed by atoms with Crippen molar-refractivity contribution >= 4 is 23.4 Å². The summed E-state index contributed by atoms with van der Waals surface area (Å²) in [5, 5.41) is 8.54. The Bertz CT molecular complexity index is 122. The minimum Gasteiger partial charge on any atom is -0.198 e. The van der Waals surface area contributed by atoms with Gasteiger partial charge in [0.05, 0.1) is 12.0 Å². The summed E-state index contributed by atoms with van der Waals surface area (Å²) < 4.78 is 0. The Labute approximate surface area is 78.1 Å². The lowest BCUT2D eigenvalue weighted by molar-refractivity contribution is 0.656. The first-order chi connectivity index (χ1) is 5.35. The zero-order chi connectivity index (χ0) is 8.53. The van der Waals surface area contributed by atoms with E-state index in [1.54, 1.807) is 0 Å². The molecule has 0 aliphatic carbocycles. The summed E-state index contributed by atoms with van der Waals surface area (Å²) in [5.41, 5.74) is 0. The Kier molecular flexibility index (Phi) is 8.33. The van der Waals surface area contributed by atoms with Gasteiger partial charge in [0.2, 0.25) is 0 Å². The highest BCUT2D eigenvalue weighted by Crippen LogP contribution is 2.10. The summed E-state index contributed by atoms with van der Waals surface area (Å²) in [5.74, 6) is 2.87. The fraction of sp³-hybridized carbons (Fsp3) is 0.875. The number of rotatable bonds is 6. The molecule has 0 N–H and O–H groups in total. The van der Waals surface area contributed by atoms with E-state index in [9.17, 15) is 0 Å². The van der Waals surface area contributed by atoms with Crippen LogP contribution in [-0.4, -0.2) is 17.4 Å². The molecule has 0 saturated carbocycles. The highest BCUT2D eigenvalue weighted by atomic mass is 35.5. The third-order valence-electron chi connectivity index (χ3n) is 1.41. The molecule has 0 aromatic carbocycles. The van der Waals surface area contributed by atoms with Crippen molar-refractivity contribution in [3.05, 3.63) is 0 Å². The average molecular weight is 192 g/mol. The van der Waals surface area contributed by atoms with Crippen LogP contribution in [0.2, 0.25) is 0 Å². The first-order valence-electron chi connectivity index (χ1n) is 3.88. The molecule has 0 radical (unpaired) electrons. The van der Waals surface area contributed by atoms with Crippen LogP contribution in [0.15, 0.2) is 0 Å². The quantitative estimate of drug-likeness (QED) is 0.476. The van der Waals surface area contributed by atoms with Crippen LogP contribution in [0.5, 0.6) is 0 Å². The first kappa shape index (κ1) is 11.1. The number of nitrogens with zero attached hydrogens (tertiary/aromatic N) is 1. The molecule has 3 heteroatoms. The topological polar surface area (TPSA) is 23.8 Å². The molecule has 0 bridgehead atoms. The fourth-order valence-electron chi connectivity index (χ4n) is 0.752. The minimum absolute atomic E-state index is 0.0640. The highest BCUT2D eigenvalue weighted by molar-refractivity contribution is 7.99. The molecule has 0 amide bonds. The van der Waals surface area contributed by atoms with E-state index in [0.29, 0.717) is 5.88 Å². The molecule has 64 valence electrons. The van der Waals surface area contributed by atoms with Crippen LogP contribution in [0.25, 0.3) is 0 Å². The maximum Gasteiger partial charge on any atom is 0.0668 e. The maximum absolute atomic E-state index is 8.54. The maximum atomic E-state index is 8.54. The van der Waals surface area contributed by atoms with Gasteiger partial charge in [-0.25, -0.2) is 0 Å². The van der Waals surface area contributed by atoms with Crippen molar-refractivity contribution in [2.24, 2.45) is 5.92 Å². The third kappa shape index (κ3) is 6.52. The lowest BCUT2D eigenvalue weighted by atomic mass is 10.1. The van der Waals surface area contributed by atoms with E-state index in [1.165, 1.54) is 0 Å². The van der Waals surface area contributed by atoms with E-state index < -0.39 is 0 Å². The predicted molar refractivity (Wildman–Crippen MR) is 52.1 cm³/mol. The van der Waals surface area contributed by atoms with Crippen LogP contribution >= 0.6 is 23.4 Å². The normalized spacial score (nSPS) is 12.5. The molecule has 0 aromatic rings. The number of halogens is 1.